The zero-order valence-corrected chi connectivity index (χ0v) is 14.4. The third-order valence-electron chi connectivity index (χ3n) is 4.22. The van der Waals surface area contributed by atoms with Gasteiger partial charge in [0.15, 0.2) is 0 Å². The van der Waals surface area contributed by atoms with Gasteiger partial charge in [0.1, 0.15) is 0 Å². The lowest BCUT2D eigenvalue weighted by Gasteiger charge is -2.00. The van der Waals surface area contributed by atoms with E-state index in [2.05, 4.69) is 66.7 Å². The summed E-state index contributed by atoms with van der Waals surface area (Å²) >= 11 is 0. The van der Waals surface area contributed by atoms with Crippen LogP contribution in [0.25, 0.3) is 34.6 Å². The molecule has 0 aliphatic heterocycles. The first kappa shape index (κ1) is 16.0. The summed E-state index contributed by atoms with van der Waals surface area (Å²) < 4.78 is 6.16. The molecule has 4 rings (SSSR count). The standard InChI is InChI=1S/C25H19O/c1-4-10-20(11-5-1)16-17-24-18-23(21-12-6-2-7-13-21)19-25(26-24)22-14-8-3-9-15-22/h1-19H/q+1/b17-16+. The van der Waals surface area contributed by atoms with Crippen LogP contribution in [0.2, 0.25) is 0 Å². The van der Waals surface area contributed by atoms with Gasteiger partial charge in [0.25, 0.3) is 0 Å². The molecule has 0 unspecified atom stereocenters. The summed E-state index contributed by atoms with van der Waals surface area (Å²) in [5, 5.41) is 0. The van der Waals surface area contributed by atoms with Crippen molar-refractivity contribution < 1.29 is 4.42 Å². The molecule has 0 amide bonds. The Labute approximate surface area is 153 Å². The van der Waals surface area contributed by atoms with Gasteiger partial charge in [-0.1, -0.05) is 78.9 Å². The fraction of sp³-hybridized carbons (Fsp3) is 0. The van der Waals surface area contributed by atoms with Crippen molar-refractivity contribution in [1.82, 2.24) is 0 Å². The van der Waals surface area contributed by atoms with Crippen LogP contribution in [0.4, 0.5) is 0 Å². The predicted molar refractivity (Wildman–Crippen MR) is 109 cm³/mol. The molecule has 0 aliphatic rings. The monoisotopic (exact) mass is 335 g/mol. The van der Waals surface area contributed by atoms with Crippen LogP contribution in [-0.4, -0.2) is 0 Å². The van der Waals surface area contributed by atoms with Crippen molar-refractivity contribution >= 4 is 12.2 Å². The zero-order valence-electron chi connectivity index (χ0n) is 14.4. The van der Waals surface area contributed by atoms with Crippen molar-refractivity contribution in [3.8, 4) is 22.5 Å². The van der Waals surface area contributed by atoms with Gasteiger partial charge in [-0.25, -0.2) is 4.42 Å². The van der Waals surface area contributed by atoms with E-state index in [1.165, 1.54) is 5.56 Å². The van der Waals surface area contributed by atoms with Crippen LogP contribution in [0.3, 0.4) is 0 Å². The molecular formula is C25H19O+. The molecular weight excluding hydrogens is 316 g/mol. The SMILES string of the molecule is C(=C\c1cc(-c2ccccc2)cc(-c2ccccc2)[o+]1)/c1ccccc1. The maximum Gasteiger partial charge on any atom is 0.361 e. The first-order valence-corrected chi connectivity index (χ1v) is 8.71. The summed E-state index contributed by atoms with van der Waals surface area (Å²) in [5.41, 5.74) is 4.53. The van der Waals surface area contributed by atoms with Crippen LogP contribution >= 0.6 is 0 Å². The molecule has 0 spiro atoms. The Hall–Kier alpha value is -3.45. The normalized spacial score (nSPS) is 10.9. The van der Waals surface area contributed by atoms with E-state index in [1.807, 2.05) is 48.5 Å². The van der Waals surface area contributed by atoms with Crippen LogP contribution in [-0.2, 0) is 0 Å². The van der Waals surface area contributed by atoms with E-state index < -0.39 is 0 Å². The molecule has 3 aromatic carbocycles. The molecule has 1 heteroatoms. The lowest BCUT2D eigenvalue weighted by Crippen LogP contribution is -1.84. The third-order valence-corrected chi connectivity index (χ3v) is 4.22. The van der Waals surface area contributed by atoms with Gasteiger partial charge in [-0.15, -0.1) is 0 Å². The highest BCUT2D eigenvalue weighted by Gasteiger charge is 2.17. The average Bonchev–Trinajstić information content (AvgIpc) is 2.74. The summed E-state index contributed by atoms with van der Waals surface area (Å²) in [6.45, 7) is 0. The summed E-state index contributed by atoms with van der Waals surface area (Å²) in [5.74, 6) is 1.69. The van der Waals surface area contributed by atoms with Crippen LogP contribution in [0.1, 0.15) is 11.3 Å². The molecule has 0 bridgehead atoms. The van der Waals surface area contributed by atoms with Gasteiger partial charge >= 0.3 is 11.5 Å². The van der Waals surface area contributed by atoms with Crippen LogP contribution in [0, 0.1) is 0 Å². The van der Waals surface area contributed by atoms with E-state index in [9.17, 15) is 0 Å². The lowest BCUT2D eigenvalue weighted by molar-refractivity contribution is 0.556. The van der Waals surface area contributed by atoms with Gasteiger partial charge in [-0.3, -0.25) is 0 Å². The predicted octanol–water partition coefficient (Wildman–Crippen LogP) is 7.07. The van der Waals surface area contributed by atoms with E-state index >= 15 is 0 Å². The molecule has 0 aliphatic carbocycles. The van der Waals surface area contributed by atoms with E-state index in [1.54, 1.807) is 0 Å². The van der Waals surface area contributed by atoms with Crippen molar-refractivity contribution in [2.45, 2.75) is 0 Å². The summed E-state index contributed by atoms with van der Waals surface area (Å²) in [6, 6.07) is 35.0. The first-order valence-electron chi connectivity index (χ1n) is 8.71. The van der Waals surface area contributed by atoms with Gasteiger partial charge < -0.3 is 0 Å². The van der Waals surface area contributed by atoms with Crippen molar-refractivity contribution in [3.63, 3.8) is 0 Å². The second-order valence-electron chi connectivity index (χ2n) is 6.09. The van der Waals surface area contributed by atoms with Crippen molar-refractivity contribution in [1.29, 1.82) is 0 Å². The van der Waals surface area contributed by atoms with Crippen molar-refractivity contribution in [2.24, 2.45) is 0 Å². The minimum Gasteiger partial charge on any atom is -0.207 e. The molecule has 0 atom stereocenters. The molecule has 26 heavy (non-hydrogen) atoms. The topological polar surface area (TPSA) is 11.3 Å². The van der Waals surface area contributed by atoms with Gasteiger partial charge in [-0.2, -0.15) is 0 Å². The Kier molecular flexibility index (Phi) is 4.70. The van der Waals surface area contributed by atoms with Gasteiger partial charge in [0, 0.05) is 11.6 Å². The van der Waals surface area contributed by atoms with Crippen LogP contribution in [0.15, 0.2) is 108 Å². The van der Waals surface area contributed by atoms with E-state index in [0.29, 0.717) is 0 Å². The van der Waals surface area contributed by atoms with E-state index in [4.69, 9.17) is 4.42 Å². The third kappa shape index (κ3) is 3.79. The fourth-order valence-corrected chi connectivity index (χ4v) is 2.89. The Morgan fingerprint density at radius 1 is 0.500 bits per heavy atom. The van der Waals surface area contributed by atoms with Crippen molar-refractivity contribution in [3.05, 3.63) is 114 Å². The highest BCUT2D eigenvalue weighted by molar-refractivity contribution is 5.74. The molecule has 0 saturated carbocycles. The highest BCUT2D eigenvalue weighted by Crippen LogP contribution is 2.29. The van der Waals surface area contributed by atoms with Gasteiger partial charge in [0.05, 0.1) is 17.7 Å². The van der Waals surface area contributed by atoms with Crippen molar-refractivity contribution in [2.75, 3.05) is 0 Å². The summed E-state index contributed by atoms with van der Waals surface area (Å²) in [6.07, 6.45) is 4.09. The molecule has 4 aromatic rings. The second kappa shape index (κ2) is 7.62. The molecule has 0 fully saturated rings. The molecule has 124 valence electrons. The fourth-order valence-electron chi connectivity index (χ4n) is 2.89. The maximum absolute atomic E-state index is 6.16. The quantitative estimate of drug-likeness (QED) is 0.363. The number of hydrogen-bond acceptors (Lipinski definition) is 0. The minimum atomic E-state index is 0.828. The van der Waals surface area contributed by atoms with E-state index in [-0.39, 0.29) is 0 Å². The summed E-state index contributed by atoms with van der Waals surface area (Å²) in [4.78, 5) is 0. The zero-order chi connectivity index (χ0) is 17.6. The molecule has 0 saturated heterocycles. The molecule has 0 N–H and O–H groups in total. The Morgan fingerprint density at radius 3 is 1.73 bits per heavy atom. The molecule has 1 nitrogen and oxygen atoms in total. The number of hydrogen-bond donors (Lipinski definition) is 0. The highest BCUT2D eigenvalue weighted by atomic mass is 16.3. The number of rotatable bonds is 4. The maximum atomic E-state index is 6.16. The second-order valence-corrected chi connectivity index (χ2v) is 6.09. The van der Waals surface area contributed by atoms with Gasteiger partial charge in [-0.05, 0) is 29.3 Å². The Bertz CT molecular complexity index is 946. The average molecular weight is 335 g/mol. The first-order chi connectivity index (χ1) is 12.9. The largest absolute Gasteiger partial charge is 0.361 e. The van der Waals surface area contributed by atoms with E-state index in [0.717, 1.165) is 28.2 Å². The van der Waals surface area contributed by atoms with Crippen LogP contribution < -0.4 is 0 Å². The summed E-state index contributed by atoms with van der Waals surface area (Å²) in [7, 11) is 0. The Balaban J connectivity index is 1.79. The molecule has 1 aromatic heterocycles. The Morgan fingerprint density at radius 2 is 1.08 bits per heavy atom. The minimum absolute atomic E-state index is 0.828. The lowest BCUT2D eigenvalue weighted by atomic mass is 10.0. The van der Waals surface area contributed by atoms with Crippen LogP contribution in [0.5, 0.6) is 0 Å². The number of benzene rings is 3. The molecule has 1 heterocycles. The molecule has 0 radical (unpaired) electrons. The smallest absolute Gasteiger partial charge is 0.207 e. The van der Waals surface area contributed by atoms with Gasteiger partial charge in [0.2, 0.25) is 0 Å².